The molecule has 0 saturated carbocycles. The average Bonchev–Trinajstić information content (AvgIpc) is 2.68. The summed E-state index contributed by atoms with van der Waals surface area (Å²) < 4.78 is 2.50. The molecule has 0 saturated heterocycles. The molecule has 2 aliphatic rings. The third-order valence-electron chi connectivity index (χ3n) is 7.20. The first-order chi connectivity index (χ1) is 12.5. The monoisotopic (exact) mass is 346 g/mol. The summed E-state index contributed by atoms with van der Waals surface area (Å²) >= 11 is 0. The number of benzene rings is 1. The Morgan fingerprint density at radius 1 is 1.08 bits per heavy atom. The van der Waals surface area contributed by atoms with Crippen LogP contribution in [0, 0.1) is 0 Å². The van der Waals surface area contributed by atoms with Crippen molar-refractivity contribution in [2.75, 3.05) is 0 Å². The molecule has 1 aromatic carbocycles. The molecule has 1 nitrogen and oxygen atoms in total. The highest BCUT2D eigenvalue weighted by Gasteiger charge is 2.57. The van der Waals surface area contributed by atoms with Gasteiger partial charge in [0.15, 0.2) is 11.4 Å². The van der Waals surface area contributed by atoms with E-state index >= 15 is 0 Å². The predicted octanol–water partition coefficient (Wildman–Crippen LogP) is 6.19. The maximum absolute atomic E-state index is 4.63. The van der Waals surface area contributed by atoms with Crippen molar-refractivity contribution in [1.82, 2.24) is 0 Å². The number of aryl methyl sites for hydroxylation is 1. The first kappa shape index (κ1) is 17.5. The molecular weight excluding hydrogens is 314 g/mol. The Kier molecular flexibility index (Phi) is 4.10. The maximum atomic E-state index is 4.63. The smallest absolute Gasteiger partial charge is 0.160 e. The van der Waals surface area contributed by atoms with E-state index in [1.807, 2.05) is 0 Å². The molecule has 0 radical (unpaired) electrons. The summed E-state index contributed by atoms with van der Waals surface area (Å²) in [5, 5.41) is 0. The van der Waals surface area contributed by atoms with Gasteiger partial charge in [0.25, 0.3) is 0 Å². The lowest BCUT2D eigenvalue weighted by atomic mass is 9.58. The molecule has 2 bridgehead atoms. The summed E-state index contributed by atoms with van der Waals surface area (Å²) in [6.45, 7) is 14.0. The normalized spacial score (nSPS) is 25.9. The van der Waals surface area contributed by atoms with E-state index in [4.69, 9.17) is 0 Å². The van der Waals surface area contributed by atoms with Gasteiger partial charge in [0.1, 0.15) is 0 Å². The van der Waals surface area contributed by atoms with E-state index in [2.05, 4.69) is 75.2 Å². The van der Waals surface area contributed by atoms with Crippen LogP contribution in [0.5, 0.6) is 0 Å². The van der Waals surface area contributed by atoms with E-state index in [0.717, 1.165) is 19.3 Å². The Bertz CT molecular complexity index is 878. The summed E-state index contributed by atoms with van der Waals surface area (Å²) in [4.78, 5) is 0. The van der Waals surface area contributed by atoms with Crippen LogP contribution in [0.25, 0.3) is 17.0 Å². The number of nitrogens with zero attached hydrogens (tertiary/aromatic N) is 1. The maximum Gasteiger partial charge on any atom is 0.218 e. The number of rotatable bonds is 5. The van der Waals surface area contributed by atoms with Crippen LogP contribution in [0.2, 0.25) is 0 Å². The molecule has 0 aliphatic carbocycles. The number of hydrogen-bond donors (Lipinski definition) is 0. The molecule has 26 heavy (non-hydrogen) atoms. The molecule has 0 amide bonds. The topological polar surface area (TPSA) is 3.88 Å². The van der Waals surface area contributed by atoms with E-state index in [0.29, 0.717) is 0 Å². The number of unbranched alkanes of at least 4 members (excludes halogenated alkanes) is 1. The van der Waals surface area contributed by atoms with E-state index in [9.17, 15) is 0 Å². The minimum Gasteiger partial charge on any atom is -0.160 e. The standard InChI is InChI=1S/C25H32N/c1-6-9-11-19-14-15-21-20(16-19)22-12-10-13-23-24(5,7-2)17-25(21,8-3)18(4)26(22)23/h10,12-16H,4,6-9,11,17H2,1-3,5H3/q+1. The van der Waals surface area contributed by atoms with Crippen molar-refractivity contribution in [2.45, 2.75) is 77.0 Å². The van der Waals surface area contributed by atoms with Crippen molar-refractivity contribution in [1.29, 1.82) is 0 Å². The van der Waals surface area contributed by atoms with Gasteiger partial charge in [-0.15, -0.1) is 0 Å². The van der Waals surface area contributed by atoms with Crippen LogP contribution in [0.3, 0.4) is 0 Å². The van der Waals surface area contributed by atoms with E-state index in [1.165, 1.54) is 53.0 Å². The molecule has 1 heteroatoms. The summed E-state index contributed by atoms with van der Waals surface area (Å²) in [7, 11) is 0. The van der Waals surface area contributed by atoms with E-state index in [-0.39, 0.29) is 10.8 Å². The minimum atomic E-state index is 0.0649. The number of allylic oxidation sites excluding steroid dienone is 1. The highest BCUT2D eigenvalue weighted by atomic mass is 15.1. The van der Waals surface area contributed by atoms with Gasteiger partial charge in [0.05, 0.1) is 16.4 Å². The average molecular weight is 347 g/mol. The molecule has 2 aliphatic heterocycles. The summed E-state index contributed by atoms with van der Waals surface area (Å²) in [6, 6.07) is 14.1. The van der Waals surface area contributed by atoms with E-state index < -0.39 is 0 Å². The molecule has 3 heterocycles. The molecule has 1 aromatic heterocycles. The number of hydrogen-bond acceptors (Lipinski definition) is 0. The van der Waals surface area contributed by atoms with Crippen molar-refractivity contribution in [2.24, 2.45) is 0 Å². The predicted molar refractivity (Wildman–Crippen MR) is 110 cm³/mol. The van der Waals surface area contributed by atoms with Crippen LogP contribution in [-0.2, 0) is 17.3 Å². The zero-order valence-electron chi connectivity index (χ0n) is 16.9. The van der Waals surface area contributed by atoms with Gasteiger partial charge in [0.2, 0.25) is 5.69 Å². The van der Waals surface area contributed by atoms with Gasteiger partial charge in [-0.3, -0.25) is 0 Å². The van der Waals surface area contributed by atoms with Crippen molar-refractivity contribution in [3.05, 3.63) is 59.8 Å². The molecule has 2 aromatic rings. The van der Waals surface area contributed by atoms with Gasteiger partial charge in [-0.05, 0) is 68.9 Å². The lowest BCUT2D eigenvalue weighted by Crippen LogP contribution is -2.60. The fourth-order valence-electron chi connectivity index (χ4n) is 5.39. The van der Waals surface area contributed by atoms with Crippen LogP contribution in [0.4, 0.5) is 0 Å². The molecule has 2 unspecified atom stereocenters. The Morgan fingerprint density at radius 2 is 1.88 bits per heavy atom. The third-order valence-corrected chi connectivity index (χ3v) is 7.20. The second-order valence-electron chi connectivity index (χ2n) is 8.59. The zero-order valence-corrected chi connectivity index (χ0v) is 16.9. The summed E-state index contributed by atoms with van der Waals surface area (Å²) in [5.74, 6) is 0. The zero-order chi connectivity index (χ0) is 18.5. The lowest BCUT2D eigenvalue weighted by molar-refractivity contribution is -0.598. The highest BCUT2D eigenvalue weighted by molar-refractivity contribution is 5.74. The molecule has 2 atom stereocenters. The van der Waals surface area contributed by atoms with Gasteiger partial charge in [-0.1, -0.05) is 39.3 Å². The van der Waals surface area contributed by atoms with Crippen molar-refractivity contribution in [3.63, 3.8) is 0 Å². The first-order valence-corrected chi connectivity index (χ1v) is 10.4. The van der Waals surface area contributed by atoms with Crippen molar-refractivity contribution < 1.29 is 4.57 Å². The Morgan fingerprint density at radius 3 is 2.58 bits per heavy atom. The van der Waals surface area contributed by atoms with Gasteiger partial charge < -0.3 is 0 Å². The van der Waals surface area contributed by atoms with Crippen LogP contribution < -0.4 is 4.57 Å². The van der Waals surface area contributed by atoms with Crippen molar-refractivity contribution in [3.8, 4) is 11.3 Å². The fraction of sp³-hybridized carbons (Fsp3) is 0.480. The summed E-state index contributed by atoms with van der Waals surface area (Å²) in [5.41, 5.74) is 8.74. The quantitative estimate of drug-likeness (QED) is 0.569. The number of fused-ring (bicyclic) bond motifs is 4. The Hall–Kier alpha value is -1.89. The van der Waals surface area contributed by atoms with E-state index in [1.54, 1.807) is 0 Å². The minimum absolute atomic E-state index is 0.0649. The number of pyridine rings is 1. The van der Waals surface area contributed by atoms with Gasteiger partial charge in [-0.25, -0.2) is 0 Å². The first-order valence-electron chi connectivity index (χ1n) is 10.4. The molecule has 0 fully saturated rings. The molecule has 0 N–H and O–H groups in total. The van der Waals surface area contributed by atoms with Gasteiger partial charge in [0, 0.05) is 12.1 Å². The van der Waals surface area contributed by atoms with Crippen LogP contribution in [0.15, 0.2) is 43.0 Å². The fourth-order valence-corrected chi connectivity index (χ4v) is 5.39. The Balaban J connectivity index is 2.02. The van der Waals surface area contributed by atoms with Crippen LogP contribution in [0.1, 0.15) is 76.6 Å². The summed E-state index contributed by atoms with van der Waals surface area (Å²) in [6.07, 6.45) is 7.13. The molecule has 4 rings (SSSR count). The second kappa shape index (κ2) is 6.08. The van der Waals surface area contributed by atoms with Crippen LogP contribution in [-0.4, -0.2) is 0 Å². The molecule has 136 valence electrons. The largest absolute Gasteiger partial charge is 0.218 e. The lowest BCUT2D eigenvalue weighted by Gasteiger charge is -2.47. The van der Waals surface area contributed by atoms with Crippen molar-refractivity contribution >= 4 is 5.70 Å². The molecule has 0 spiro atoms. The number of aromatic nitrogens is 1. The third kappa shape index (κ3) is 2.19. The SMILES string of the molecule is C=C1[n+]2c3cccc2C(C)(CC)CC1(CC)c1ccc(CCCC)cc1-3. The molecular formula is C25H32N+. The highest BCUT2D eigenvalue weighted by Crippen LogP contribution is 2.55. The van der Waals surface area contributed by atoms with Crippen LogP contribution >= 0.6 is 0 Å². The van der Waals surface area contributed by atoms with Gasteiger partial charge in [-0.2, -0.15) is 4.57 Å². The Labute approximate surface area is 158 Å². The van der Waals surface area contributed by atoms with Gasteiger partial charge >= 0.3 is 0 Å². The second-order valence-corrected chi connectivity index (χ2v) is 8.59.